The molecule has 2 amide bonds. The average molecular weight is 275 g/mol. The van der Waals surface area contributed by atoms with Gasteiger partial charge >= 0.3 is 0 Å². The summed E-state index contributed by atoms with van der Waals surface area (Å²) in [6.07, 6.45) is 1.11. The first kappa shape index (κ1) is 14.4. The second-order valence-corrected chi connectivity index (χ2v) is 5.47. The van der Waals surface area contributed by atoms with Crippen molar-refractivity contribution in [3.63, 3.8) is 0 Å². The molecule has 0 unspecified atom stereocenters. The molecule has 0 aromatic heterocycles. The predicted molar refractivity (Wildman–Crippen MR) is 79.4 cm³/mol. The van der Waals surface area contributed by atoms with Crippen LogP contribution in [-0.4, -0.2) is 36.3 Å². The molecule has 1 heterocycles. The number of nitrogens with zero attached hydrogens (tertiary/aromatic N) is 2. The summed E-state index contributed by atoms with van der Waals surface area (Å²) in [6, 6.07) is 5.59. The van der Waals surface area contributed by atoms with Crippen molar-refractivity contribution in [2.45, 2.75) is 32.7 Å². The number of fused-ring (bicyclic) bond motifs is 1. The van der Waals surface area contributed by atoms with Crippen molar-refractivity contribution in [1.29, 1.82) is 0 Å². The predicted octanol–water partition coefficient (Wildman–Crippen LogP) is 1.41. The van der Waals surface area contributed by atoms with E-state index in [0.29, 0.717) is 18.5 Å². The van der Waals surface area contributed by atoms with Gasteiger partial charge in [0.1, 0.15) is 6.54 Å². The molecule has 0 saturated carbocycles. The third-order valence-electron chi connectivity index (χ3n) is 3.76. The molecule has 1 aliphatic heterocycles. The van der Waals surface area contributed by atoms with Crippen molar-refractivity contribution in [2.24, 2.45) is 0 Å². The van der Waals surface area contributed by atoms with Crippen molar-refractivity contribution in [3.8, 4) is 0 Å². The summed E-state index contributed by atoms with van der Waals surface area (Å²) in [5.74, 6) is -0.0641. The molecule has 0 spiro atoms. The van der Waals surface area contributed by atoms with E-state index in [1.165, 1.54) is 0 Å². The van der Waals surface area contributed by atoms with Gasteiger partial charge in [0.05, 0.1) is 0 Å². The van der Waals surface area contributed by atoms with Gasteiger partial charge in [-0.3, -0.25) is 9.59 Å². The SMILES string of the molecule is CC(C)N(C)C(=O)CN1C(=O)CCc2cc(N)ccc21. The fourth-order valence-corrected chi connectivity index (χ4v) is 2.29. The lowest BCUT2D eigenvalue weighted by Crippen LogP contribution is -2.45. The Morgan fingerprint density at radius 2 is 2.10 bits per heavy atom. The smallest absolute Gasteiger partial charge is 0.242 e. The number of benzene rings is 1. The molecule has 0 atom stereocenters. The first-order chi connectivity index (χ1) is 9.40. The maximum Gasteiger partial charge on any atom is 0.242 e. The van der Waals surface area contributed by atoms with Crippen molar-refractivity contribution >= 4 is 23.2 Å². The summed E-state index contributed by atoms with van der Waals surface area (Å²) in [5, 5.41) is 0. The maximum absolute atomic E-state index is 12.2. The highest BCUT2D eigenvalue weighted by molar-refractivity contribution is 6.01. The van der Waals surface area contributed by atoms with Gasteiger partial charge in [0.25, 0.3) is 0 Å². The third kappa shape index (κ3) is 2.76. The van der Waals surface area contributed by atoms with E-state index in [1.807, 2.05) is 26.0 Å². The lowest BCUT2D eigenvalue weighted by Gasteiger charge is -2.31. The fraction of sp³-hybridized carbons (Fsp3) is 0.467. The molecule has 108 valence electrons. The molecule has 0 saturated heterocycles. The molecule has 1 aromatic carbocycles. The van der Waals surface area contributed by atoms with Gasteiger partial charge in [-0.25, -0.2) is 0 Å². The topological polar surface area (TPSA) is 66.6 Å². The van der Waals surface area contributed by atoms with Crippen molar-refractivity contribution < 1.29 is 9.59 Å². The highest BCUT2D eigenvalue weighted by Crippen LogP contribution is 2.29. The molecule has 0 aliphatic carbocycles. The molecule has 0 bridgehead atoms. The van der Waals surface area contributed by atoms with Crippen LogP contribution in [-0.2, 0) is 16.0 Å². The molecule has 5 heteroatoms. The third-order valence-corrected chi connectivity index (χ3v) is 3.76. The summed E-state index contributed by atoms with van der Waals surface area (Å²) in [5.41, 5.74) is 8.29. The summed E-state index contributed by atoms with van der Waals surface area (Å²) in [6.45, 7) is 3.99. The zero-order chi connectivity index (χ0) is 14.9. The second-order valence-electron chi connectivity index (χ2n) is 5.47. The zero-order valence-corrected chi connectivity index (χ0v) is 12.2. The minimum absolute atomic E-state index is 0.00669. The van der Waals surface area contributed by atoms with E-state index in [2.05, 4.69) is 0 Å². The Morgan fingerprint density at radius 3 is 2.75 bits per heavy atom. The Labute approximate surface area is 119 Å². The molecule has 2 N–H and O–H groups in total. The van der Waals surface area contributed by atoms with Gasteiger partial charge in [0, 0.05) is 30.9 Å². The number of carbonyl (C=O) groups is 2. The number of amides is 2. The van der Waals surface area contributed by atoms with E-state index in [1.54, 1.807) is 22.9 Å². The number of hydrogen-bond donors (Lipinski definition) is 1. The van der Waals surface area contributed by atoms with Crippen LogP contribution in [0.25, 0.3) is 0 Å². The maximum atomic E-state index is 12.2. The largest absolute Gasteiger partial charge is 0.399 e. The van der Waals surface area contributed by atoms with Gasteiger partial charge in [-0.2, -0.15) is 0 Å². The van der Waals surface area contributed by atoms with E-state index in [0.717, 1.165) is 11.3 Å². The van der Waals surface area contributed by atoms with Gasteiger partial charge in [0.15, 0.2) is 0 Å². The fourth-order valence-electron chi connectivity index (χ4n) is 2.29. The molecule has 2 rings (SSSR count). The zero-order valence-electron chi connectivity index (χ0n) is 12.2. The number of anilines is 2. The Bertz CT molecular complexity index is 540. The lowest BCUT2D eigenvalue weighted by atomic mass is 10.0. The van der Waals surface area contributed by atoms with Crippen LogP contribution in [0, 0.1) is 0 Å². The van der Waals surface area contributed by atoms with Crippen LogP contribution in [0.3, 0.4) is 0 Å². The van der Waals surface area contributed by atoms with Crippen LogP contribution in [0.2, 0.25) is 0 Å². The van der Waals surface area contributed by atoms with Gasteiger partial charge in [-0.15, -0.1) is 0 Å². The van der Waals surface area contributed by atoms with Crippen LogP contribution in [0.4, 0.5) is 11.4 Å². The Hall–Kier alpha value is -2.04. The van der Waals surface area contributed by atoms with E-state index in [-0.39, 0.29) is 24.4 Å². The number of rotatable bonds is 3. The highest BCUT2D eigenvalue weighted by atomic mass is 16.2. The van der Waals surface area contributed by atoms with Gasteiger partial charge < -0.3 is 15.5 Å². The van der Waals surface area contributed by atoms with E-state index in [9.17, 15) is 9.59 Å². The summed E-state index contributed by atoms with van der Waals surface area (Å²) in [4.78, 5) is 27.5. The Morgan fingerprint density at radius 1 is 1.40 bits per heavy atom. The van der Waals surface area contributed by atoms with Crippen molar-refractivity contribution in [1.82, 2.24) is 4.90 Å². The molecule has 1 aliphatic rings. The minimum Gasteiger partial charge on any atom is -0.399 e. The van der Waals surface area contributed by atoms with Gasteiger partial charge in [0.2, 0.25) is 11.8 Å². The minimum atomic E-state index is -0.0574. The Balaban J connectivity index is 2.24. The molecular formula is C15H21N3O2. The molecule has 1 aromatic rings. The normalized spacial score (nSPS) is 14.4. The van der Waals surface area contributed by atoms with Crippen LogP contribution in [0.1, 0.15) is 25.8 Å². The first-order valence-corrected chi connectivity index (χ1v) is 6.84. The number of carbonyl (C=O) groups excluding carboxylic acids is 2. The van der Waals surface area contributed by atoms with Crippen LogP contribution in [0.15, 0.2) is 18.2 Å². The molecule has 20 heavy (non-hydrogen) atoms. The Kier molecular flexibility index (Phi) is 3.97. The summed E-state index contributed by atoms with van der Waals surface area (Å²) in [7, 11) is 1.76. The van der Waals surface area contributed by atoms with Gasteiger partial charge in [-0.1, -0.05) is 0 Å². The number of aryl methyl sites for hydroxylation is 1. The summed E-state index contributed by atoms with van der Waals surface area (Å²) < 4.78 is 0. The highest BCUT2D eigenvalue weighted by Gasteiger charge is 2.27. The van der Waals surface area contributed by atoms with E-state index >= 15 is 0 Å². The molecule has 0 fully saturated rings. The number of nitrogen functional groups attached to an aromatic ring is 1. The van der Waals surface area contributed by atoms with Crippen LogP contribution < -0.4 is 10.6 Å². The first-order valence-electron chi connectivity index (χ1n) is 6.84. The standard InChI is InChI=1S/C15H21N3O2/c1-10(2)17(3)15(20)9-18-13-6-5-12(16)8-11(13)4-7-14(18)19/h5-6,8,10H,4,7,9,16H2,1-3H3. The number of nitrogens with two attached hydrogens (primary N) is 1. The molecule has 5 nitrogen and oxygen atoms in total. The van der Waals surface area contributed by atoms with E-state index in [4.69, 9.17) is 5.73 Å². The lowest BCUT2D eigenvalue weighted by molar-refractivity contribution is -0.131. The molecule has 0 radical (unpaired) electrons. The average Bonchev–Trinajstić information content (AvgIpc) is 2.40. The number of hydrogen-bond acceptors (Lipinski definition) is 3. The van der Waals surface area contributed by atoms with Crippen LogP contribution in [0.5, 0.6) is 0 Å². The van der Waals surface area contributed by atoms with Gasteiger partial charge in [-0.05, 0) is 44.0 Å². The second kappa shape index (κ2) is 5.53. The number of likely N-dealkylation sites (N-methyl/N-ethyl adjacent to an activating group) is 1. The van der Waals surface area contributed by atoms with E-state index < -0.39 is 0 Å². The quantitative estimate of drug-likeness (QED) is 0.848. The van der Waals surface area contributed by atoms with Crippen molar-refractivity contribution in [3.05, 3.63) is 23.8 Å². The van der Waals surface area contributed by atoms with Crippen LogP contribution >= 0.6 is 0 Å². The summed E-state index contributed by atoms with van der Waals surface area (Å²) >= 11 is 0. The molecular weight excluding hydrogens is 254 g/mol. The monoisotopic (exact) mass is 275 g/mol. The van der Waals surface area contributed by atoms with Crippen molar-refractivity contribution in [2.75, 3.05) is 24.2 Å².